The first-order valence-corrected chi connectivity index (χ1v) is 7.59. The normalized spacial score (nSPS) is 8.00. The Balaban J connectivity index is 0.000000147. The summed E-state index contributed by atoms with van der Waals surface area (Å²) in [5.74, 6) is 0. The second-order valence-corrected chi connectivity index (χ2v) is 4.45. The number of furan rings is 1. The molecular formula is C18H18N2OS. The van der Waals surface area contributed by atoms with E-state index in [-0.39, 0.29) is 0 Å². The molecule has 0 amide bonds. The molecule has 0 aliphatic carbocycles. The Hall–Kier alpha value is -2.72. The Labute approximate surface area is 134 Å². The molecule has 0 aliphatic heterocycles. The molecular weight excluding hydrogens is 292 g/mol. The van der Waals surface area contributed by atoms with Gasteiger partial charge in [0.05, 0.1) is 12.5 Å². The molecule has 0 radical (unpaired) electrons. The topological polar surface area (TPSA) is 38.9 Å². The van der Waals surface area contributed by atoms with Gasteiger partial charge in [-0.3, -0.25) is 9.97 Å². The highest BCUT2D eigenvalue weighted by Gasteiger charge is 1.60. The van der Waals surface area contributed by atoms with E-state index in [0.717, 1.165) is 0 Å². The van der Waals surface area contributed by atoms with Gasteiger partial charge in [-0.2, -0.15) is 11.3 Å². The number of thiophene rings is 1. The number of aromatic nitrogens is 2. The van der Waals surface area contributed by atoms with Crippen LogP contribution in [0.2, 0.25) is 0 Å². The van der Waals surface area contributed by atoms with Crippen LogP contribution in [-0.2, 0) is 0 Å². The molecule has 4 aromatic heterocycles. The predicted octanol–water partition coefficient (Wildman–Crippen LogP) is 5.19. The van der Waals surface area contributed by atoms with Gasteiger partial charge in [0.2, 0.25) is 0 Å². The standard InChI is InChI=1S/2C5H5N.C4H4O.C4H4S/c2*1-2-4-6-5-3-1;2*1-2-4-5-3-1/h2*1-5H;2*1-4H. The maximum Gasteiger partial charge on any atom is 0.0902 e. The van der Waals surface area contributed by atoms with Crippen molar-refractivity contribution in [1.82, 2.24) is 9.97 Å². The largest absolute Gasteiger partial charge is 0.473 e. The molecule has 0 unspecified atom stereocenters. The molecule has 4 heterocycles. The average molecular weight is 310 g/mol. The van der Waals surface area contributed by atoms with Crippen LogP contribution in [0.1, 0.15) is 0 Å². The van der Waals surface area contributed by atoms with E-state index < -0.39 is 0 Å². The second-order valence-electron chi connectivity index (χ2n) is 3.64. The second kappa shape index (κ2) is 14.7. The van der Waals surface area contributed by atoms with E-state index in [1.54, 1.807) is 48.7 Å². The van der Waals surface area contributed by atoms with Gasteiger partial charge in [0, 0.05) is 24.8 Å². The SMILES string of the molecule is c1ccncc1.c1ccncc1.c1ccoc1.c1ccsc1. The van der Waals surface area contributed by atoms with Crippen molar-refractivity contribution in [3.63, 3.8) is 0 Å². The Morgan fingerprint density at radius 3 is 1.09 bits per heavy atom. The monoisotopic (exact) mass is 310 g/mol. The lowest BCUT2D eigenvalue weighted by Gasteiger charge is -1.70. The summed E-state index contributed by atoms with van der Waals surface area (Å²) in [7, 11) is 0. The van der Waals surface area contributed by atoms with Crippen molar-refractivity contribution in [1.29, 1.82) is 0 Å². The molecule has 4 heteroatoms. The lowest BCUT2D eigenvalue weighted by molar-refractivity contribution is 0.567. The lowest BCUT2D eigenvalue weighted by Crippen LogP contribution is -1.58. The summed E-state index contributed by atoms with van der Waals surface area (Å²) in [6, 6.07) is 19.1. The zero-order chi connectivity index (χ0) is 15.6. The molecule has 0 atom stereocenters. The van der Waals surface area contributed by atoms with Crippen molar-refractivity contribution in [2.45, 2.75) is 0 Å². The first-order valence-electron chi connectivity index (χ1n) is 6.64. The summed E-state index contributed by atoms with van der Waals surface area (Å²) >= 11 is 1.71. The Bertz CT molecular complexity index is 451. The number of rotatable bonds is 0. The van der Waals surface area contributed by atoms with Gasteiger partial charge in [-0.05, 0) is 47.2 Å². The van der Waals surface area contributed by atoms with Crippen LogP contribution < -0.4 is 0 Å². The predicted molar refractivity (Wildman–Crippen MR) is 91.5 cm³/mol. The first-order chi connectivity index (χ1) is 11.0. The molecule has 3 nitrogen and oxygen atoms in total. The molecule has 22 heavy (non-hydrogen) atoms. The molecule has 4 rings (SSSR count). The van der Waals surface area contributed by atoms with Crippen LogP contribution in [0.5, 0.6) is 0 Å². The zero-order valence-corrected chi connectivity index (χ0v) is 12.9. The zero-order valence-electron chi connectivity index (χ0n) is 12.1. The van der Waals surface area contributed by atoms with Crippen molar-refractivity contribution in [3.8, 4) is 0 Å². The fourth-order valence-corrected chi connectivity index (χ4v) is 1.53. The summed E-state index contributed by atoms with van der Waals surface area (Å²) in [6.07, 6.45) is 10.2. The third-order valence-corrected chi connectivity index (χ3v) is 2.61. The van der Waals surface area contributed by atoms with Gasteiger partial charge in [0.1, 0.15) is 0 Å². The summed E-state index contributed by atoms with van der Waals surface area (Å²) in [4.78, 5) is 7.57. The van der Waals surface area contributed by atoms with E-state index in [1.165, 1.54) is 0 Å². The molecule has 0 aromatic carbocycles. The highest BCUT2D eigenvalue weighted by Crippen LogP contribution is 1.91. The van der Waals surface area contributed by atoms with Gasteiger partial charge in [-0.1, -0.05) is 24.3 Å². The molecule has 0 spiro atoms. The molecule has 4 aromatic rings. The minimum Gasteiger partial charge on any atom is -0.473 e. The van der Waals surface area contributed by atoms with Gasteiger partial charge in [-0.25, -0.2) is 0 Å². The van der Waals surface area contributed by atoms with Crippen LogP contribution in [0.3, 0.4) is 0 Å². The Morgan fingerprint density at radius 1 is 0.500 bits per heavy atom. The van der Waals surface area contributed by atoms with Crippen LogP contribution in [0, 0.1) is 0 Å². The molecule has 0 saturated carbocycles. The van der Waals surface area contributed by atoms with E-state index in [0.29, 0.717) is 0 Å². The van der Waals surface area contributed by atoms with Gasteiger partial charge in [0.15, 0.2) is 0 Å². The van der Waals surface area contributed by atoms with Gasteiger partial charge >= 0.3 is 0 Å². The Kier molecular flexibility index (Phi) is 11.6. The van der Waals surface area contributed by atoms with E-state index in [4.69, 9.17) is 0 Å². The molecule has 0 bridgehead atoms. The van der Waals surface area contributed by atoms with E-state index in [2.05, 4.69) is 14.4 Å². The third-order valence-electron chi connectivity index (χ3n) is 1.98. The van der Waals surface area contributed by atoms with Crippen LogP contribution in [0.4, 0.5) is 0 Å². The number of hydrogen-bond acceptors (Lipinski definition) is 4. The quantitative estimate of drug-likeness (QED) is 0.448. The fraction of sp³-hybridized carbons (Fsp3) is 0. The highest BCUT2D eigenvalue weighted by molar-refractivity contribution is 7.07. The Morgan fingerprint density at radius 2 is 0.955 bits per heavy atom. The summed E-state index contributed by atoms with van der Waals surface area (Å²) in [6.45, 7) is 0. The van der Waals surface area contributed by atoms with Crippen molar-refractivity contribution in [2.75, 3.05) is 0 Å². The molecule has 0 N–H and O–H groups in total. The van der Waals surface area contributed by atoms with E-state index >= 15 is 0 Å². The van der Waals surface area contributed by atoms with Gasteiger partial charge in [0.25, 0.3) is 0 Å². The minimum atomic E-state index is 1.62. The average Bonchev–Trinajstić information content (AvgIpc) is 3.37. The first kappa shape index (κ1) is 17.3. The van der Waals surface area contributed by atoms with Crippen molar-refractivity contribution in [2.24, 2.45) is 0 Å². The van der Waals surface area contributed by atoms with Crippen LogP contribution in [-0.4, -0.2) is 9.97 Å². The van der Waals surface area contributed by atoms with Crippen molar-refractivity contribution >= 4 is 11.3 Å². The maximum absolute atomic E-state index is 4.58. The third kappa shape index (κ3) is 12.3. The molecule has 0 fully saturated rings. The van der Waals surface area contributed by atoms with E-state index in [9.17, 15) is 0 Å². The summed E-state index contributed by atoms with van der Waals surface area (Å²) in [5.41, 5.74) is 0. The van der Waals surface area contributed by atoms with Crippen molar-refractivity contribution < 1.29 is 4.42 Å². The number of nitrogens with zero attached hydrogens (tertiary/aromatic N) is 2. The molecule has 0 saturated heterocycles. The minimum absolute atomic E-state index is 1.62. The maximum atomic E-state index is 4.58. The smallest absolute Gasteiger partial charge is 0.0902 e. The van der Waals surface area contributed by atoms with E-state index in [1.807, 2.05) is 71.4 Å². The van der Waals surface area contributed by atoms with Crippen LogP contribution in [0.25, 0.3) is 0 Å². The molecule has 0 aliphatic rings. The van der Waals surface area contributed by atoms with Crippen LogP contribution in [0.15, 0.2) is 113 Å². The summed E-state index contributed by atoms with van der Waals surface area (Å²) < 4.78 is 4.58. The molecule has 112 valence electrons. The van der Waals surface area contributed by atoms with Crippen LogP contribution >= 0.6 is 11.3 Å². The number of hydrogen-bond donors (Lipinski definition) is 0. The van der Waals surface area contributed by atoms with Gasteiger partial charge < -0.3 is 4.42 Å². The highest BCUT2D eigenvalue weighted by atomic mass is 32.1. The van der Waals surface area contributed by atoms with Crippen molar-refractivity contribution in [3.05, 3.63) is 109 Å². The number of pyridine rings is 2. The lowest BCUT2D eigenvalue weighted by atomic mass is 10.5. The fourth-order valence-electron chi connectivity index (χ4n) is 1.08. The van der Waals surface area contributed by atoms with Gasteiger partial charge in [-0.15, -0.1) is 0 Å². The summed E-state index contributed by atoms with van der Waals surface area (Å²) in [5, 5.41) is 4.08.